The first-order chi connectivity index (χ1) is 15.8. The maximum atomic E-state index is 5.97. The van der Waals surface area contributed by atoms with Crippen LogP contribution in [0.3, 0.4) is 0 Å². The van der Waals surface area contributed by atoms with Crippen LogP contribution in [0.1, 0.15) is 43.2 Å². The maximum absolute atomic E-state index is 5.97. The molecule has 4 heterocycles. The molecule has 1 atom stereocenters. The first-order valence-electron chi connectivity index (χ1n) is 11.3. The van der Waals surface area contributed by atoms with Gasteiger partial charge < -0.3 is 0 Å². The molecule has 0 fully saturated rings. The predicted octanol–water partition coefficient (Wildman–Crippen LogP) is 6.06. The molecule has 6 rings (SSSR count). The van der Waals surface area contributed by atoms with Gasteiger partial charge in [-0.3, -0.25) is 4.68 Å². The molecule has 0 amide bonds. The molecule has 5 aromatic rings. The van der Waals surface area contributed by atoms with E-state index >= 15 is 0 Å². The Bertz CT molecular complexity index is 1470. The number of rotatable bonds is 3. The van der Waals surface area contributed by atoms with E-state index in [1.807, 2.05) is 26.7 Å². The quantitative estimate of drug-likeness (QED) is 0.317. The van der Waals surface area contributed by atoms with Crippen LogP contribution in [0.4, 0.5) is 0 Å². The van der Waals surface area contributed by atoms with E-state index in [-0.39, 0.29) is 0 Å². The average molecular weight is 477 g/mol. The molecule has 1 aliphatic rings. The zero-order valence-corrected chi connectivity index (χ0v) is 20.5. The summed E-state index contributed by atoms with van der Waals surface area (Å²) in [5, 5.41) is 10.8. The second-order valence-electron chi connectivity index (χ2n) is 9.99. The van der Waals surface area contributed by atoms with Crippen LogP contribution in [0, 0.1) is 11.3 Å². The number of thiophene rings is 1. The number of hydrogen-bond acceptors (Lipinski definition) is 5. The number of fused-ring (bicyclic) bond motifs is 5. The van der Waals surface area contributed by atoms with E-state index in [0.717, 1.165) is 40.3 Å². The predicted molar refractivity (Wildman–Crippen MR) is 133 cm³/mol. The Balaban J connectivity index is 1.34. The van der Waals surface area contributed by atoms with Gasteiger partial charge in [0.2, 0.25) is 0 Å². The second-order valence-corrected chi connectivity index (χ2v) is 11.5. The molecule has 1 aliphatic carbocycles. The summed E-state index contributed by atoms with van der Waals surface area (Å²) in [4.78, 5) is 12.2. The molecule has 168 valence electrons. The standard InChI is InChI=1S/C25H25ClN6S/c1-25(2,3)17-8-9-19-20(10-17)33-24-21(19)23-29-22(30-32(23)14-27-24)16-6-4-15(5-7-16)12-31-13-18(26)11-28-31/h4-7,11,13-14,17H,8-10,12H2,1-3H3/t17-/m0/s1. The van der Waals surface area contributed by atoms with Crippen LogP contribution >= 0.6 is 22.9 Å². The molecule has 8 heteroatoms. The summed E-state index contributed by atoms with van der Waals surface area (Å²) >= 11 is 7.80. The first-order valence-corrected chi connectivity index (χ1v) is 12.5. The smallest absolute Gasteiger partial charge is 0.182 e. The van der Waals surface area contributed by atoms with Crippen LogP contribution in [0.5, 0.6) is 0 Å². The van der Waals surface area contributed by atoms with Crippen LogP contribution < -0.4 is 0 Å². The van der Waals surface area contributed by atoms with Crippen LogP contribution in [0.25, 0.3) is 27.3 Å². The Hall–Kier alpha value is -2.77. The highest BCUT2D eigenvalue weighted by Gasteiger charge is 2.31. The van der Waals surface area contributed by atoms with Gasteiger partial charge in [-0.1, -0.05) is 56.6 Å². The summed E-state index contributed by atoms with van der Waals surface area (Å²) in [6, 6.07) is 8.31. The Morgan fingerprint density at radius 3 is 2.73 bits per heavy atom. The molecule has 0 saturated heterocycles. The number of hydrogen-bond donors (Lipinski definition) is 0. The summed E-state index contributed by atoms with van der Waals surface area (Å²) < 4.78 is 3.66. The van der Waals surface area contributed by atoms with Crippen molar-refractivity contribution in [3.8, 4) is 11.4 Å². The van der Waals surface area contributed by atoms with Gasteiger partial charge in [0.25, 0.3) is 0 Å². The molecule has 0 N–H and O–H groups in total. The summed E-state index contributed by atoms with van der Waals surface area (Å²) in [6.45, 7) is 7.73. The van der Waals surface area contributed by atoms with Gasteiger partial charge >= 0.3 is 0 Å². The van der Waals surface area contributed by atoms with Crippen LogP contribution in [-0.4, -0.2) is 29.4 Å². The first kappa shape index (κ1) is 20.8. The Morgan fingerprint density at radius 2 is 2.00 bits per heavy atom. The minimum absolute atomic E-state index is 0.328. The highest BCUT2D eigenvalue weighted by Crippen LogP contribution is 2.43. The molecule has 0 spiro atoms. The highest BCUT2D eigenvalue weighted by atomic mass is 35.5. The van der Waals surface area contributed by atoms with Gasteiger partial charge in [0.15, 0.2) is 11.5 Å². The van der Waals surface area contributed by atoms with Crippen LogP contribution in [0.2, 0.25) is 5.02 Å². The Labute approximate surface area is 201 Å². The average Bonchev–Trinajstić information content (AvgIpc) is 3.48. The normalized spacial score (nSPS) is 16.5. The lowest BCUT2D eigenvalue weighted by Gasteiger charge is -2.33. The van der Waals surface area contributed by atoms with Crippen molar-refractivity contribution in [1.82, 2.24) is 29.4 Å². The summed E-state index contributed by atoms with van der Waals surface area (Å²) in [5.74, 6) is 1.43. The van der Waals surface area contributed by atoms with E-state index in [1.54, 1.807) is 12.5 Å². The van der Waals surface area contributed by atoms with E-state index < -0.39 is 0 Å². The third-order valence-electron chi connectivity index (χ3n) is 6.77. The van der Waals surface area contributed by atoms with Crippen LogP contribution in [0.15, 0.2) is 43.0 Å². The molecule has 33 heavy (non-hydrogen) atoms. The molecular formula is C25H25ClN6S. The number of benzene rings is 1. The Morgan fingerprint density at radius 1 is 1.18 bits per heavy atom. The zero-order valence-electron chi connectivity index (χ0n) is 18.9. The Kier molecular flexibility index (Phi) is 4.82. The molecule has 0 radical (unpaired) electrons. The van der Waals surface area contributed by atoms with Crippen molar-refractivity contribution in [1.29, 1.82) is 0 Å². The lowest BCUT2D eigenvalue weighted by atomic mass is 9.72. The van der Waals surface area contributed by atoms with Crippen molar-refractivity contribution in [2.75, 3.05) is 0 Å². The molecule has 4 aromatic heterocycles. The van der Waals surface area contributed by atoms with Gasteiger partial charge in [-0.25, -0.2) is 14.5 Å². The summed E-state index contributed by atoms with van der Waals surface area (Å²) in [7, 11) is 0. The van der Waals surface area contributed by atoms with Crippen molar-refractivity contribution < 1.29 is 0 Å². The topological polar surface area (TPSA) is 60.9 Å². The third-order valence-corrected chi connectivity index (χ3v) is 8.13. The van der Waals surface area contributed by atoms with Crippen molar-refractivity contribution in [3.63, 3.8) is 0 Å². The fraction of sp³-hybridized carbons (Fsp3) is 0.360. The van der Waals surface area contributed by atoms with Gasteiger partial charge in [0, 0.05) is 16.6 Å². The fourth-order valence-corrected chi connectivity index (χ4v) is 6.22. The molecule has 0 aliphatic heterocycles. The van der Waals surface area contributed by atoms with Crippen molar-refractivity contribution in [2.45, 2.75) is 46.6 Å². The van der Waals surface area contributed by atoms with Gasteiger partial charge in [-0.2, -0.15) is 5.10 Å². The molecule has 6 nitrogen and oxygen atoms in total. The van der Waals surface area contributed by atoms with Gasteiger partial charge in [0.1, 0.15) is 11.2 Å². The number of aryl methyl sites for hydroxylation is 1. The zero-order chi connectivity index (χ0) is 22.7. The highest BCUT2D eigenvalue weighted by molar-refractivity contribution is 7.19. The van der Waals surface area contributed by atoms with E-state index in [0.29, 0.717) is 22.9 Å². The number of aromatic nitrogens is 6. The lowest BCUT2D eigenvalue weighted by Crippen LogP contribution is -2.26. The van der Waals surface area contributed by atoms with Gasteiger partial charge in [0.05, 0.1) is 23.2 Å². The monoisotopic (exact) mass is 476 g/mol. The van der Waals surface area contributed by atoms with Gasteiger partial charge in [-0.05, 0) is 41.7 Å². The van der Waals surface area contributed by atoms with Crippen molar-refractivity contribution in [3.05, 3.63) is 64.0 Å². The number of nitrogens with zero attached hydrogens (tertiary/aromatic N) is 6. The molecule has 0 unspecified atom stereocenters. The SMILES string of the molecule is CC(C)(C)[C@H]1CCc2c(sc3ncn4nc(-c5ccc(Cn6cc(Cl)cn6)cc5)nc4c23)C1. The van der Waals surface area contributed by atoms with E-state index in [4.69, 9.17) is 26.7 Å². The second kappa shape index (κ2) is 7.64. The molecular weight excluding hydrogens is 452 g/mol. The van der Waals surface area contributed by atoms with E-state index in [9.17, 15) is 0 Å². The van der Waals surface area contributed by atoms with Crippen molar-refractivity contribution >= 4 is 38.8 Å². The van der Waals surface area contributed by atoms with Crippen LogP contribution in [-0.2, 0) is 19.4 Å². The van der Waals surface area contributed by atoms with E-state index in [2.05, 4.69) is 50.1 Å². The summed E-state index contributed by atoms with van der Waals surface area (Å²) in [6.07, 6.45) is 8.71. The minimum Gasteiger partial charge on any atom is -0.267 e. The van der Waals surface area contributed by atoms with Crippen molar-refractivity contribution in [2.24, 2.45) is 11.3 Å². The molecule has 1 aromatic carbocycles. The minimum atomic E-state index is 0.328. The maximum Gasteiger partial charge on any atom is 0.182 e. The molecule has 0 bridgehead atoms. The van der Waals surface area contributed by atoms with Gasteiger partial charge in [-0.15, -0.1) is 16.4 Å². The summed E-state index contributed by atoms with van der Waals surface area (Å²) in [5.41, 5.74) is 4.81. The number of halogens is 1. The largest absolute Gasteiger partial charge is 0.267 e. The van der Waals surface area contributed by atoms with E-state index in [1.165, 1.54) is 22.2 Å². The third kappa shape index (κ3) is 3.73. The fourth-order valence-electron chi connectivity index (χ4n) is 4.81. The lowest BCUT2D eigenvalue weighted by molar-refractivity contribution is 0.218. The molecule has 0 saturated carbocycles.